The van der Waals surface area contributed by atoms with E-state index in [4.69, 9.17) is 15.6 Å². The fourth-order valence-electron chi connectivity index (χ4n) is 1.20. The zero-order valence-electron chi connectivity index (χ0n) is 8.52. The first kappa shape index (κ1) is 11.2. The van der Waals surface area contributed by atoms with Gasteiger partial charge in [0, 0.05) is 25.0 Å². The lowest BCUT2D eigenvalue weighted by Gasteiger charge is -2.04. The van der Waals surface area contributed by atoms with Crippen LogP contribution in [0.1, 0.15) is 18.5 Å². The Bertz CT molecular complexity index is 258. The first-order chi connectivity index (χ1) is 6.74. The van der Waals surface area contributed by atoms with Gasteiger partial charge in [-0.2, -0.15) is 0 Å². The number of hydrogen-bond donors (Lipinski definition) is 2. The molecule has 80 valence electrons. The fourth-order valence-corrected chi connectivity index (χ4v) is 1.20. The average molecular weight is 198 g/mol. The van der Waals surface area contributed by atoms with Crippen LogP contribution in [0.15, 0.2) is 18.5 Å². The third-order valence-electron chi connectivity index (χ3n) is 2.03. The molecule has 3 N–H and O–H groups in total. The molecule has 0 aliphatic carbocycles. The van der Waals surface area contributed by atoms with E-state index in [0.29, 0.717) is 13.2 Å². The van der Waals surface area contributed by atoms with Gasteiger partial charge in [-0.15, -0.1) is 0 Å². The summed E-state index contributed by atoms with van der Waals surface area (Å²) in [4.78, 5) is 0. The quantitative estimate of drug-likeness (QED) is 0.655. The van der Waals surface area contributed by atoms with Gasteiger partial charge in [0.15, 0.2) is 0 Å². The standard InChI is InChI=1S/C10H18N2O2/c1-9(11)10-2-3-12(8-10)4-6-14-7-5-13/h2-3,8-9,13H,4-7,11H2,1H3. The van der Waals surface area contributed by atoms with Gasteiger partial charge in [-0.1, -0.05) is 0 Å². The van der Waals surface area contributed by atoms with E-state index in [1.807, 2.05) is 30.0 Å². The molecule has 4 heteroatoms. The molecule has 1 rings (SSSR count). The first-order valence-corrected chi connectivity index (χ1v) is 4.84. The molecule has 1 atom stereocenters. The number of ether oxygens (including phenoxy) is 1. The summed E-state index contributed by atoms with van der Waals surface area (Å²) in [6.07, 6.45) is 4.01. The summed E-state index contributed by atoms with van der Waals surface area (Å²) in [5, 5.41) is 8.49. The summed E-state index contributed by atoms with van der Waals surface area (Å²) >= 11 is 0. The molecular weight excluding hydrogens is 180 g/mol. The lowest BCUT2D eigenvalue weighted by Crippen LogP contribution is -2.07. The highest BCUT2D eigenvalue weighted by Crippen LogP contribution is 2.09. The Morgan fingerprint density at radius 1 is 1.57 bits per heavy atom. The van der Waals surface area contributed by atoms with Crippen molar-refractivity contribution in [2.45, 2.75) is 19.5 Å². The molecule has 0 bridgehead atoms. The molecule has 1 unspecified atom stereocenters. The minimum absolute atomic E-state index is 0.0783. The molecular formula is C10H18N2O2. The minimum atomic E-state index is 0.0783. The van der Waals surface area contributed by atoms with E-state index < -0.39 is 0 Å². The van der Waals surface area contributed by atoms with Crippen molar-refractivity contribution < 1.29 is 9.84 Å². The second kappa shape index (κ2) is 5.80. The van der Waals surface area contributed by atoms with E-state index in [1.54, 1.807) is 0 Å². The summed E-state index contributed by atoms with van der Waals surface area (Å²) in [5.74, 6) is 0. The van der Waals surface area contributed by atoms with Gasteiger partial charge in [0.05, 0.1) is 19.8 Å². The topological polar surface area (TPSA) is 60.4 Å². The molecule has 0 fully saturated rings. The van der Waals surface area contributed by atoms with Gasteiger partial charge >= 0.3 is 0 Å². The van der Waals surface area contributed by atoms with E-state index in [9.17, 15) is 0 Å². The van der Waals surface area contributed by atoms with Crippen molar-refractivity contribution >= 4 is 0 Å². The van der Waals surface area contributed by atoms with Gasteiger partial charge in [-0.25, -0.2) is 0 Å². The second-order valence-electron chi connectivity index (χ2n) is 3.31. The number of aliphatic hydroxyl groups is 1. The normalized spacial score (nSPS) is 13.1. The lowest BCUT2D eigenvalue weighted by atomic mass is 10.2. The van der Waals surface area contributed by atoms with Crippen LogP contribution in [0.25, 0.3) is 0 Å². The van der Waals surface area contributed by atoms with Gasteiger partial charge < -0.3 is 20.1 Å². The Balaban J connectivity index is 2.29. The van der Waals surface area contributed by atoms with Crippen LogP contribution in [-0.4, -0.2) is 29.5 Å². The fraction of sp³-hybridized carbons (Fsp3) is 0.600. The van der Waals surface area contributed by atoms with Crippen molar-refractivity contribution in [3.05, 3.63) is 24.0 Å². The number of hydrogen-bond acceptors (Lipinski definition) is 3. The van der Waals surface area contributed by atoms with Crippen LogP contribution in [0.2, 0.25) is 0 Å². The zero-order chi connectivity index (χ0) is 10.4. The van der Waals surface area contributed by atoms with Crippen LogP contribution in [0, 0.1) is 0 Å². The van der Waals surface area contributed by atoms with Gasteiger partial charge in [-0.3, -0.25) is 0 Å². The molecule has 0 aliphatic heterocycles. The van der Waals surface area contributed by atoms with E-state index in [0.717, 1.165) is 12.1 Å². The largest absolute Gasteiger partial charge is 0.394 e. The Kier molecular flexibility index (Phi) is 4.65. The highest BCUT2D eigenvalue weighted by atomic mass is 16.5. The molecule has 0 saturated carbocycles. The smallest absolute Gasteiger partial charge is 0.0698 e. The molecule has 4 nitrogen and oxygen atoms in total. The molecule has 1 aromatic heterocycles. The number of aromatic nitrogens is 1. The Morgan fingerprint density at radius 2 is 2.36 bits per heavy atom. The van der Waals surface area contributed by atoms with Gasteiger partial charge in [0.25, 0.3) is 0 Å². The second-order valence-corrected chi connectivity index (χ2v) is 3.31. The van der Waals surface area contributed by atoms with Crippen molar-refractivity contribution in [1.29, 1.82) is 0 Å². The van der Waals surface area contributed by atoms with E-state index >= 15 is 0 Å². The Morgan fingerprint density at radius 3 is 2.93 bits per heavy atom. The van der Waals surface area contributed by atoms with Crippen molar-refractivity contribution in [3.63, 3.8) is 0 Å². The third-order valence-corrected chi connectivity index (χ3v) is 2.03. The van der Waals surface area contributed by atoms with Crippen LogP contribution in [0.3, 0.4) is 0 Å². The van der Waals surface area contributed by atoms with Crippen molar-refractivity contribution in [2.75, 3.05) is 19.8 Å². The van der Waals surface area contributed by atoms with Gasteiger partial charge in [0.2, 0.25) is 0 Å². The number of nitrogens with zero attached hydrogens (tertiary/aromatic N) is 1. The van der Waals surface area contributed by atoms with Crippen LogP contribution in [0.5, 0.6) is 0 Å². The molecule has 0 radical (unpaired) electrons. The molecule has 1 heterocycles. The summed E-state index contributed by atoms with van der Waals surface area (Å²) < 4.78 is 7.19. The summed E-state index contributed by atoms with van der Waals surface area (Å²) in [5.41, 5.74) is 6.86. The van der Waals surface area contributed by atoms with Crippen molar-refractivity contribution in [3.8, 4) is 0 Å². The molecule has 0 aliphatic rings. The minimum Gasteiger partial charge on any atom is -0.394 e. The molecule has 0 amide bonds. The first-order valence-electron chi connectivity index (χ1n) is 4.84. The molecule has 14 heavy (non-hydrogen) atoms. The van der Waals surface area contributed by atoms with E-state index in [-0.39, 0.29) is 12.6 Å². The number of aliphatic hydroxyl groups excluding tert-OH is 1. The monoisotopic (exact) mass is 198 g/mol. The molecule has 0 saturated heterocycles. The van der Waals surface area contributed by atoms with Crippen LogP contribution in [0.4, 0.5) is 0 Å². The maximum Gasteiger partial charge on any atom is 0.0698 e. The van der Waals surface area contributed by atoms with Crippen LogP contribution < -0.4 is 5.73 Å². The Hall–Kier alpha value is -0.840. The Labute approximate surface area is 84.3 Å². The summed E-state index contributed by atoms with van der Waals surface area (Å²) in [7, 11) is 0. The van der Waals surface area contributed by atoms with Gasteiger partial charge in [0.1, 0.15) is 0 Å². The van der Waals surface area contributed by atoms with E-state index in [2.05, 4.69) is 0 Å². The highest BCUT2D eigenvalue weighted by molar-refractivity contribution is 5.13. The van der Waals surface area contributed by atoms with Crippen molar-refractivity contribution in [2.24, 2.45) is 5.73 Å². The lowest BCUT2D eigenvalue weighted by molar-refractivity contribution is 0.0870. The maximum atomic E-state index is 8.49. The number of rotatable bonds is 6. The maximum absolute atomic E-state index is 8.49. The predicted molar refractivity (Wildman–Crippen MR) is 54.9 cm³/mol. The molecule has 0 aromatic carbocycles. The van der Waals surface area contributed by atoms with Gasteiger partial charge in [-0.05, 0) is 18.6 Å². The SMILES string of the molecule is CC(N)c1ccn(CCOCCO)c1. The average Bonchev–Trinajstić information content (AvgIpc) is 2.61. The number of nitrogens with two attached hydrogens (primary N) is 1. The summed E-state index contributed by atoms with van der Waals surface area (Å²) in [6, 6.07) is 2.09. The highest BCUT2D eigenvalue weighted by Gasteiger charge is 2.00. The third kappa shape index (κ3) is 3.49. The summed E-state index contributed by atoms with van der Waals surface area (Å²) in [6.45, 7) is 3.86. The van der Waals surface area contributed by atoms with Crippen LogP contribution >= 0.6 is 0 Å². The van der Waals surface area contributed by atoms with Crippen LogP contribution in [-0.2, 0) is 11.3 Å². The molecule has 0 spiro atoms. The zero-order valence-corrected chi connectivity index (χ0v) is 8.52. The van der Waals surface area contributed by atoms with Crippen molar-refractivity contribution in [1.82, 2.24) is 4.57 Å². The predicted octanol–water partition coefficient (Wildman–Crippen LogP) is 0.517. The molecule has 1 aromatic rings. The van der Waals surface area contributed by atoms with E-state index in [1.165, 1.54) is 0 Å².